The van der Waals surface area contributed by atoms with Crippen LogP contribution in [0.1, 0.15) is 5.56 Å². The third kappa shape index (κ3) is 5.47. The maximum absolute atomic E-state index is 13.0. The summed E-state index contributed by atoms with van der Waals surface area (Å²) in [5, 5.41) is 3.36. The van der Waals surface area contributed by atoms with Gasteiger partial charge >= 0.3 is 0 Å². The minimum absolute atomic E-state index is 0. The number of ether oxygens (including phenoxy) is 1. The number of piperazine rings is 1. The summed E-state index contributed by atoms with van der Waals surface area (Å²) in [5.41, 5.74) is 2.16. The molecule has 0 unspecified atom stereocenters. The zero-order chi connectivity index (χ0) is 18.4. The molecule has 0 aliphatic carbocycles. The molecule has 3 rings (SSSR count). The lowest BCUT2D eigenvalue weighted by molar-refractivity contribution is 0.367. The van der Waals surface area contributed by atoms with Crippen LogP contribution in [0.5, 0.6) is 5.75 Å². The predicted octanol–water partition coefficient (Wildman–Crippen LogP) is 3.35. The third-order valence-electron chi connectivity index (χ3n) is 4.58. The second-order valence-electron chi connectivity index (χ2n) is 6.17. The van der Waals surface area contributed by atoms with Crippen molar-refractivity contribution in [1.29, 1.82) is 0 Å². The normalized spacial score (nSPS) is 14.6. The highest BCUT2D eigenvalue weighted by Crippen LogP contribution is 2.28. The van der Waals surface area contributed by atoms with Crippen LogP contribution >= 0.6 is 24.0 Å². The minimum atomic E-state index is -0.217. The molecule has 0 atom stereocenters. The summed E-state index contributed by atoms with van der Waals surface area (Å²) >= 11 is 0. The number of halogens is 2. The van der Waals surface area contributed by atoms with Gasteiger partial charge in [0.2, 0.25) is 0 Å². The van der Waals surface area contributed by atoms with E-state index in [-0.39, 0.29) is 29.8 Å². The highest BCUT2D eigenvalue weighted by atomic mass is 127. The SMILES string of the molecule is CN=C(NCc1ccc(F)cc1)N1CCN(c2ccccc2OC)CC1.I. The largest absolute Gasteiger partial charge is 0.495 e. The highest BCUT2D eigenvalue weighted by Gasteiger charge is 2.21. The molecule has 1 aliphatic rings. The Kier molecular flexibility index (Phi) is 8.15. The van der Waals surface area contributed by atoms with Crippen LogP contribution in [0.3, 0.4) is 0 Å². The van der Waals surface area contributed by atoms with E-state index in [0.29, 0.717) is 6.54 Å². The van der Waals surface area contributed by atoms with Gasteiger partial charge in [0.05, 0.1) is 12.8 Å². The van der Waals surface area contributed by atoms with Gasteiger partial charge in [-0.1, -0.05) is 24.3 Å². The maximum Gasteiger partial charge on any atom is 0.194 e. The molecule has 2 aromatic carbocycles. The molecule has 0 spiro atoms. The summed E-state index contributed by atoms with van der Waals surface area (Å²) in [4.78, 5) is 8.97. The van der Waals surface area contributed by atoms with Gasteiger partial charge < -0.3 is 19.9 Å². The van der Waals surface area contributed by atoms with E-state index in [9.17, 15) is 4.39 Å². The van der Waals surface area contributed by atoms with Gasteiger partial charge in [0.25, 0.3) is 0 Å². The number of anilines is 1. The number of guanidine groups is 1. The topological polar surface area (TPSA) is 40.1 Å². The molecule has 1 heterocycles. The van der Waals surface area contributed by atoms with Crippen LogP contribution in [0.15, 0.2) is 53.5 Å². The molecule has 27 heavy (non-hydrogen) atoms. The minimum Gasteiger partial charge on any atom is -0.495 e. The highest BCUT2D eigenvalue weighted by molar-refractivity contribution is 14.0. The van der Waals surface area contributed by atoms with Crippen molar-refractivity contribution in [3.8, 4) is 5.75 Å². The van der Waals surface area contributed by atoms with Crippen LogP contribution in [0.25, 0.3) is 0 Å². The van der Waals surface area contributed by atoms with Crippen LogP contribution in [0.4, 0.5) is 10.1 Å². The third-order valence-corrected chi connectivity index (χ3v) is 4.58. The lowest BCUT2D eigenvalue weighted by Crippen LogP contribution is -2.52. The Morgan fingerprint density at radius 2 is 1.74 bits per heavy atom. The monoisotopic (exact) mass is 484 g/mol. The summed E-state index contributed by atoms with van der Waals surface area (Å²) in [5.74, 6) is 1.55. The zero-order valence-corrected chi connectivity index (χ0v) is 18.0. The first-order chi connectivity index (χ1) is 12.7. The molecule has 0 bridgehead atoms. The van der Waals surface area contributed by atoms with Crippen LogP contribution < -0.4 is 15.0 Å². The first-order valence-corrected chi connectivity index (χ1v) is 8.79. The summed E-state index contributed by atoms with van der Waals surface area (Å²) in [6.45, 7) is 4.18. The molecule has 5 nitrogen and oxygen atoms in total. The number of nitrogens with zero attached hydrogens (tertiary/aromatic N) is 3. The molecular formula is C20H26FIN4O. The van der Waals surface area contributed by atoms with Crippen molar-refractivity contribution in [3.63, 3.8) is 0 Å². The van der Waals surface area contributed by atoms with Crippen molar-refractivity contribution in [2.75, 3.05) is 45.2 Å². The molecular weight excluding hydrogens is 458 g/mol. The maximum atomic E-state index is 13.0. The van der Waals surface area contributed by atoms with E-state index < -0.39 is 0 Å². The second-order valence-corrected chi connectivity index (χ2v) is 6.17. The van der Waals surface area contributed by atoms with Crippen LogP contribution in [0.2, 0.25) is 0 Å². The quantitative estimate of drug-likeness (QED) is 0.411. The van der Waals surface area contributed by atoms with Crippen molar-refractivity contribution in [1.82, 2.24) is 10.2 Å². The number of aliphatic imine (C=N–C) groups is 1. The van der Waals surface area contributed by atoms with E-state index in [0.717, 1.165) is 49.1 Å². The van der Waals surface area contributed by atoms with Gasteiger partial charge in [-0.2, -0.15) is 0 Å². The fourth-order valence-electron chi connectivity index (χ4n) is 3.17. The first kappa shape index (κ1) is 21.3. The van der Waals surface area contributed by atoms with Crippen molar-refractivity contribution in [3.05, 3.63) is 59.9 Å². The Hall–Kier alpha value is -2.03. The Morgan fingerprint density at radius 3 is 2.37 bits per heavy atom. The van der Waals surface area contributed by atoms with Gasteiger partial charge in [0.15, 0.2) is 5.96 Å². The Labute approximate surface area is 177 Å². The van der Waals surface area contributed by atoms with E-state index in [2.05, 4.69) is 26.2 Å². The molecule has 146 valence electrons. The van der Waals surface area contributed by atoms with Gasteiger partial charge in [-0.05, 0) is 29.8 Å². The number of benzene rings is 2. The number of para-hydroxylation sites is 2. The molecule has 1 saturated heterocycles. The van der Waals surface area contributed by atoms with Gasteiger partial charge in [-0.15, -0.1) is 24.0 Å². The van der Waals surface area contributed by atoms with Gasteiger partial charge in [-0.3, -0.25) is 4.99 Å². The van der Waals surface area contributed by atoms with E-state index in [4.69, 9.17) is 4.74 Å². The standard InChI is InChI=1S/C20H25FN4O.HI/c1-22-20(23-15-16-7-9-17(21)10-8-16)25-13-11-24(12-14-25)18-5-3-4-6-19(18)26-2;/h3-10H,11-15H2,1-2H3,(H,22,23);1H. The summed E-state index contributed by atoms with van der Waals surface area (Å²) < 4.78 is 18.5. The molecule has 7 heteroatoms. The fourth-order valence-corrected chi connectivity index (χ4v) is 3.17. The molecule has 0 saturated carbocycles. The second kappa shape index (κ2) is 10.3. The summed E-state index contributed by atoms with van der Waals surface area (Å²) in [6, 6.07) is 14.6. The van der Waals surface area contributed by atoms with Crippen molar-refractivity contribution < 1.29 is 9.13 Å². The number of methoxy groups -OCH3 is 1. The molecule has 0 amide bonds. The number of rotatable bonds is 4. The number of nitrogens with one attached hydrogen (secondary N) is 1. The van der Waals surface area contributed by atoms with Crippen molar-refractivity contribution in [2.24, 2.45) is 4.99 Å². The van der Waals surface area contributed by atoms with E-state index in [1.54, 1.807) is 26.3 Å². The van der Waals surface area contributed by atoms with Crippen LogP contribution in [-0.4, -0.2) is 51.2 Å². The molecule has 1 aliphatic heterocycles. The molecule has 2 aromatic rings. The van der Waals surface area contributed by atoms with Crippen molar-refractivity contribution in [2.45, 2.75) is 6.54 Å². The molecule has 1 fully saturated rings. The Bertz CT molecular complexity index is 746. The summed E-state index contributed by atoms with van der Waals surface area (Å²) in [6.07, 6.45) is 0. The Balaban J connectivity index is 0.00000261. The average Bonchev–Trinajstić information content (AvgIpc) is 2.70. The van der Waals surface area contributed by atoms with E-state index in [1.807, 2.05) is 18.2 Å². The van der Waals surface area contributed by atoms with Gasteiger partial charge in [0.1, 0.15) is 11.6 Å². The Morgan fingerprint density at radius 1 is 1.07 bits per heavy atom. The van der Waals surface area contributed by atoms with Crippen LogP contribution in [-0.2, 0) is 6.54 Å². The molecule has 0 radical (unpaired) electrons. The molecule has 1 N–H and O–H groups in total. The van der Waals surface area contributed by atoms with Gasteiger partial charge in [-0.25, -0.2) is 4.39 Å². The fraction of sp³-hybridized carbons (Fsp3) is 0.350. The number of hydrogen-bond donors (Lipinski definition) is 1. The lowest BCUT2D eigenvalue weighted by atomic mass is 10.2. The number of hydrogen-bond acceptors (Lipinski definition) is 3. The van der Waals surface area contributed by atoms with E-state index in [1.165, 1.54) is 12.1 Å². The van der Waals surface area contributed by atoms with Crippen molar-refractivity contribution >= 4 is 35.6 Å². The first-order valence-electron chi connectivity index (χ1n) is 8.79. The van der Waals surface area contributed by atoms with E-state index >= 15 is 0 Å². The zero-order valence-electron chi connectivity index (χ0n) is 15.7. The molecule has 0 aromatic heterocycles. The predicted molar refractivity (Wildman–Crippen MR) is 119 cm³/mol. The van der Waals surface area contributed by atoms with Crippen LogP contribution in [0, 0.1) is 5.82 Å². The van der Waals surface area contributed by atoms with Gasteiger partial charge in [0, 0.05) is 39.8 Å². The lowest BCUT2D eigenvalue weighted by Gasteiger charge is -2.38. The smallest absolute Gasteiger partial charge is 0.194 e. The average molecular weight is 484 g/mol. The summed E-state index contributed by atoms with van der Waals surface area (Å²) in [7, 11) is 3.50.